The summed E-state index contributed by atoms with van der Waals surface area (Å²) in [5, 5.41) is 4.09. The summed E-state index contributed by atoms with van der Waals surface area (Å²) in [5.41, 5.74) is 3.29. The van der Waals surface area contributed by atoms with Gasteiger partial charge in [0.2, 0.25) is 0 Å². The average molecular weight is 305 g/mol. The number of hydrogen-bond donors (Lipinski definition) is 1. The van der Waals surface area contributed by atoms with Gasteiger partial charge in [0.15, 0.2) is 0 Å². The molecule has 3 nitrogen and oxygen atoms in total. The molecule has 21 heavy (non-hydrogen) atoms. The van der Waals surface area contributed by atoms with Crippen LogP contribution < -0.4 is 15.0 Å². The van der Waals surface area contributed by atoms with Crippen molar-refractivity contribution >= 4 is 23.0 Å². The second-order valence-electron chi connectivity index (χ2n) is 4.78. The number of hydrogen-bond acceptors (Lipinski definition) is 3. The molecule has 0 saturated heterocycles. The van der Waals surface area contributed by atoms with Gasteiger partial charge in [-0.05, 0) is 36.4 Å². The highest BCUT2D eigenvalue weighted by atomic mass is 35.5. The zero-order valence-corrected chi connectivity index (χ0v) is 13.4. The average Bonchev–Trinajstić information content (AvgIpc) is 2.53. The lowest BCUT2D eigenvalue weighted by atomic mass is 10.1. The molecule has 0 aliphatic carbocycles. The van der Waals surface area contributed by atoms with E-state index in [-0.39, 0.29) is 0 Å². The van der Waals surface area contributed by atoms with Crippen LogP contribution in [0.15, 0.2) is 42.5 Å². The molecule has 2 aromatic carbocycles. The SMILES string of the molecule is CCNCc1ccc(Cl)cc1N(C)c1ccccc1OC. The summed E-state index contributed by atoms with van der Waals surface area (Å²) in [6, 6.07) is 13.9. The molecule has 112 valence electrons. The molecule has 0 aliphatic heterocycles. The van der Waals surface area contributed by atoms with Gasteiger partial charge in [-0.1, -0.05) is 36.7 Å². The smallest absolute Gasteiger partial charge is 0.142 e. The highest BCUT2D eigenvalue weighted by molar-refractivity contribution is 6.30. The predicted octanol–water partition coefficient (Wildman–Crippen LogP) is 4.23. The third-order valence-corrected chi connectivity index (χ3v) is 3.66. The van der Waals surface area contributed by atoms with E-state index in [0.717, 1.165) is 35.2 Å². The van der Waals surface area contributed by atoms with Gasteiger partial charge in [0.1, 0.15) is 5.75 Å². The zero-order chi connectivity index (χ0) is 15.2. The van der Waals surface area contributed by atoms with E-state index in [9.17, 15) is 0 Å². The maximum absolute atomic E-state index is 6.18. The second kappa shape index (κ2) is 7.34. The summed E-state index contributed by atoms with van der Waals surface area (Å²) < 4.78 is 5.45. The molecular weight excluding hydrogens is 284 g/mol. The van der Waals surface area contributed by atoms with Gasteiger partial charge >= 0.3 is 0 Å². The molecule has 0 radical (unpaired) electrons. The van der Waals surface area contributed by atoms with Crippen LogP contribution in [0.4, 0.5) is 11.4 Å². The third kappa shape index (κ3) is 3.69. The molecule has 0 aliphatic rings. The van der Waals surface area contributed by atoms with Crippen LogP contribution in [0.5, 0.6) is 5.75 Å². The second-order valence-corrected chi connectivity index (χ2v) is 5.22. The minimum absolute atomic E-state index is 0.729. The Morgan fingerprint density at radius 1 is 1.14 bits per heavy atom. The van der Waals surface area contributed by atoms with Gasteiger partial charge in [-0.3, -0.25) is 0 Å². The van der Waals surface area contributed by atoms with Crippen molar-refractivity contribution in [1.29, 1.82) is 0 Å². The van der Waals surface area contributed by atoms with Crippen molar-refractivity contribution in [2.75, 3.05) is 25.6 Å². The van der Waals surface area contributed by atoms with Crippen molar-refractivity contribution in [3.8, 4) is 5.75 Å². The van der Waals surface area contributed by atoms with Gasteiger partial charge in [-0.2, -0.15) is 0 Å². The van der Waals surface area contributed by atoms with Crippen molar-refractivity contribution in [3.63, 3.8) is 0 Å². The zero-order valence-electron chi connectivity index (χ0n) is 12.7. The summed E-state index contributed by atoms with van der Waals surface area (Å²) in [6.45, 7) is 3.84. The van der Waals surface area contributed by atoms with Crippen LogP contribution in [0.2, 0.25) is 5.02 Å². The maximum Gasteiger partial charge on any atom is 0.142 e. The molecule has 0 amide bonds. The lowest BCUT2D eigenvalue weighted by molar-refractivity contribution is 0.415. The van der Waals surface area contributed by atoms with E-state index >= 15 is 0 Å². The summed E-state index contributed by atoms with van der Waals surface area (Å²) in [4.78, 5) is 2.11. The van der Waals surface area contributed by atoms with E-state index in [0.29, 0.717) is 0 Å². The van der Waals surface area contributed by atoms with Crippen molar-refractivity contribution in [2.45, 2.75) is 13.5 Å². The molecule has 0 spiro atoms. The van der Waals surface area contributed by atoms with E-state index in [1.807, 2.05) is 43.4 Å². The fraction of sp³-hybridized carbons (Fsp3) is 0.294. The summed E-state index contributed by atoms with van der Waals surface area (Å²) >= 11 is 6.18. The first kappa shape index (κ1) is 15.7. The van der Waals surface area contributed by atoms with E-state index in [1.165, 1.54) is 5.56 Å². The minimum atomic E-state index is 0.729. The minimum Gasteiger partial charge on any atom is -0.495 e. The van der Waals surface area contributed by atoms with Crippen LogP contribution in [0.3, 0.4) is 0 Å². The van der Waals surface area contributed by atoms with Crippen molar-refractivity contribution in [2.24, 2.45) is 0 Å². The van der Waals surface area contributed by atoms with Gasteiger partial charge in [-0.15, -0.1) is 0 Å². The summed E-state index contributed by atoms with van der Waals surface area (Å²) in [6.07, 6.45) is 0. The van der Waals surface area contributed by atoms with Crippen molar-refractivity contribution < 1.29 is 4.74 Å². The number of anilines is 2. The van der Waals surface area contributed by atoms with Gasteiger partial charge in [0.05, 0.1) is 12.8 Å². The van der Waals surface area contributed by atoms with Gasteiger partial charge in [-0.25, -0.2) is 0 Å². The van der Waals surface area contributed by atoms with Crippen LogP contribution in [0.25, 0.3) is 0 Å². The quantitative estimate of drug-likeness (QED) is 0.864. The van der Waals surface area contributed by atoms with Crippen LogP contribution in [0, 0.1) is 0 Å². The summed E-state index contributed by atoms with van der Waals surface area (Å²) in [5.74, 6) is 0.842. The van der Waals surface area contributed by atoms with Crippen LogP contribution in [-0.4, -0.2) is 20.7 Å². The number of para-hydroxylation sites is 2. The van der Waals surface area contributed by atoms with Crippen LogP contribution >= 0.6 is 11.6 Å². The molecule has 0 heterocycles. The molecule has 2 aromatic rings. The Balaban J connectivity index is 2.41. The molecule has 0 fully saturated rings. The lowest BCUT2D eigenvalue weighted by Gasteiger charge is -2.25. The Kier molecular flexibility index (Phi) is 5.48. The van der Waals surface area contributed by atoms with Crippen molar-refractivity contribution in [1.82, 2.24) is 5.32 Å². The third-order valence-electron chi connectivity index (χ3n) is 3.42. The van der Waals surface area contributed by atoms with Crippen molar-refractivity contribution in [3.05, 3.63) is 53.1 Å². The Morgan fingerprint density at radius 2 is 1.90 bits per heavy atom. The molecular formula is C17H21ClN2O. The Morgan fingerprint density at radius 3 is 2.62 bits per heavy atom. The molecule has 0 atom stereocenters. The van der Waals surface area contributed by atoms with E-state index < -0.39 is 0 Å². The number of nitrogens with one attached hydrogen (secondary N) is 1. The number of nitrogens with zero attached hydrogens (tertiary/aromatic N) is 1. The number of ether oxygens (including phenoxy) is 1. The van der Waals surface area contributed by atoms with E-state index in [1.54, 1.807) is 7.11 Å². The van der Waals surface area contributed by atoms with Crippen LogP contribution in [-0.2, 0) is 6.54 Å². The molecule has 2 rings (SSSR count). The Bertz CT molecular complexity index is 601. The normalized spacial score (nSPS) is 10.5. The first-order chi connectivity index (χ1) is 10.2. The van der Waals surface area contributed by atoms with Crippen LogP contribution in [0.1, 0.15) is 12.5 Å². The highest BCUT2D eigenvalue weighted by Crippen LogP contribution is 2.35. The largest absolute Gasteiger partial charge is 0.495 e. The molecule has 1 N–H and O–H groups in total. The predicted molar refractivity (Wildman–Crippen MR) is 89.9 cm³/mol. The number of halogens is 1. The van der Waals surface area contributed by atoms with Gasteiger partial charge in [0.25, 0.3) is 0 Å². The fourth-order valence-corrected chi connectivity index (χ4v) is 2.46. The first-order valence-corrected chi connectivity index (χ1v) is 7.41. The lowest BCUT2D eigenvalue weighted by Crippen LogP contribution is -2.17. The van der Waals surface area contributed by atoms with Gasteiger partial charge in [0, 0.05) is 24.3 Å². The molecule has 0 saturated carbocycles. The van der Waals surface area contributed by atoms with Gasteiger partial charge < -0.3 is 15.0 Å². The first-order valence-electron chi connectivity index (χ1n) is 7.03. The Hall–Kier alpha value is -1.71. The number of rotatable bonds is 6. The topological polar surface area (TPSA) is 24.5 Å². The summed E-state index contributed by atoms with van der Waals surface area (Å²) in [7, 11) is 3.71. The van der Waals surface area contributed by atoms with E-state index in [4.69, 9.17) is 16.3 Å². The standard InChI is InChI=1S/C17H21ClN2O/c1-4-19-12-13-9-10-14(18)11-16(13)20(2)15-7-5-6-8-17(15)21-3/h5-11,19H,4,12H2,1-3H3. The molecule has 0 unspecified atom stereocenters. The maximum atomic E-state index is 6.18. The highest BCUT2D eigenvalue weighted by Gasteiger charge is 2.13. The monoisotopic (exact) mass is 304 g/mol. The fourth-order valence-electron chi connectivity index (χ4n) is 2.30. The molecule has 0 aromatic heterocycles. The van der Waals surface area contributed by atoms with E-state index in [2.05, 4.69) is 23.2 Å². The number of methoxy groups -OCH3 is 1. The molecule has 0 bridgehead atoms. The molecule has 4 heteroatoms. The number of benzene rings is 2. The Labute approximate surface area is 131 Å².